The van der Waals surface area contributed by atoms with Crippen molar-refractivity contribution in [2.24, 2.45) is 0 Å². The van der Waals surface area contributed by atoms with Crippen molar-refractivity contribution >= 4 is 5.91 Å². The standard InChI is InChI=1S/C16H24N2O2/c1-12(11-13-6-8-14(20-2)9-7-13)18-15-5-3-4-10-17-16(15)19/h6-9,12,15,18H,3-5,10-11H2,1-2H3,(H,17,19)/t12-,15-/m1/s1. The summed E-state index contributed by atoms with van der Waals surface area (Å²) in [7, 11) is 1.67. The number of amides is 1. The molecule has 1 aliphatic heterocycles. The van der Waals surface area contributed by atoms with Crippen molar-refractivity contribution in [3.63, 3.8) is 0 Å². The highest BCUT2D eigenvalue weighted by atomic mass is 16.5. The molecule has 1 aliphatic rings. The number of ether oxygens (including phenoxy) is 1. The highest BCUT2D eigenvalue weighted by molar-refractivity contribution is 5.81. The van der Waals surface area contributed by atoms with E-state index in [1.807, 2.05) is 12.1 Å². The maximum Gasteiger partial charge on any atom is 0.237 e. The lowest BCUT2D eigenvalue weighted by atomic mass is 10.0. The maximum atomic E-state index is 11.9. The van der Waals surface area contributed by atoms with E-state index in [0.717, 1.165) is 38.0 Å². The molecule has 0 aromatic heterocycles. The van der Waals surface area contributed by atoms with Gasteiger partial charge in [0.2, 0.25) is 5.91 Å². The van der Waals surface area contributed by atoms with Crippen LogP contribution in [0, 0.1) is 0 Å². The monoisotopic (exact) mass is 276 g/mol. The second-order valence-electron chi connectivity index (χ2n) is 5.46. The SMILES string of the molecule is COc1ccc(C[C@@H](C)N[C@@H]2CCCCNC2=O)cc1. The summed E-state index contributed by atoms with van der Waals surface area (Å²) >= 11 is 0. The van der Waals surface area contributed by atoms with Crippen LogP contribution in [-0.4, -0.2) is 31.6 Å². The lowest BCUT2D eigenvalue weighted by molar-refractivity contribution is -0.123. The van der Waals surface area contributed by atoms with Gasteiger partial charge in [0.1, 0.15) is 5.75 Å². The average molecular weight is 276 g/mol. The number of carbonyl (C=O) groups excluding carboxylic acids is 1. The second kappa shape index (κ2) is 7.29. The summed E-state index contributed by atoms with van der Waals surface area (Å²) in [6, 6.07) is 8.32. The molecule has 2 N–H and O–H groups in total. The molecule has 2 atom stereocenters. The van der Waals surface area contributed by atoms with Gasteiger partial charge in [0, 0.05) is 12.6 Å². The second-order valence-corrected chi connectivity index (χ2v) is 5.46. The van der Waals surface area contributed by atoms with Gasteiger partial charge in [0.05, 0.1) is 13.2 Å². The van der Waals surface area contributed by atoms with Crippen LogP contribution in [0.4, 0.5) is 0 Å². The molecule has 0 bridgehead atoms. The summed E-state index contributed by atoms with van der Waals surface area (Å²) < 4.78 is 5.16. The Morgan fingerprint density at radius 3 is 2.80 bits per heavy atom. The number of hydrogen-bond donors (Lipinski definition) is 2. The zero-order valence-electron chi connectivity index (χ0n) is 12.3. The summed E-state index contributed by atoms with van der Waals surface area (Å²) in [5.74, 6) is 1.02. The molecule has 4 nitrogen and oxygen atoms in total. The van der Waals surface area contributed by atoms with Gasteiger partial charge in [-0.1, -0.05) is 12.1 Å². The lowest BCUT2D eigenvalue weighted by Crippen LogP contribution is -2.47. The van der Waals surface area contributed by atoms with Gasteiger partial charge in [-0.15, -0.1) is 0 Å². The molecule has 110 valence electrons. The minimum Gasteiger partial charge on any atom is -0.497 e. The summed E-state index contributed by atoms with van der Waals surface area (Å²) in [6.45, 7) is 2.94. The fourth-order valence-electron chi connectivity index (χ4n) is 2.62. The van der Waals surface area contributed by atoms with E-state index >= 15 is 0 Å². The largest absolute Gasteiger partial charge is 0.497 e. The first-order chi connectivity index (χ1) is 9.69. The van der Waals surface area contributed by atoms with E-state index in [-0.39, 0.29) is 18.0 Å². The quantitative estimate of drug-likeness (QED) is 0.863. The minimum absolute atomic E-state index is 0.0502. The predicted octanol–water partition coefficient (Wildman–Crippen LogP) is 1.88. The third kappa shape index (κ3) is 4.23. The summed E-state index contributed by atoms with van der Waals surface area (Å²) in [5, 5.41) is 6.40. The molecule has 0 aliphatic carbocycles. The van der Waals surface area contributed by atoms with Crippen LogP contribution in [0.1, 0.15) is 31.7 Å². The number of carbonyl (C=O) groups is 1. The third-order valence-corrected chi connectivity index (χ3v) is 3.72. The topological polar surface area (TPSA) is 50.4 Å². The van der Waals surface area contributed by atoms with E-state index in [2.05, 4.69) is 29.7 Å². The van der Waals surface area contributed by atoms with Crippen molar-refractivity contribution in [1.29, 1.82) is 0 Å². The van der Waals surface area contributed by atoms with Gasteiger partial charge >= 0.3 is 0 Å². The Balaban J connectivity index is 1.87. The third-order valence-electron chi connectivity index (χ3n) is 3.72. The van der Waals surface area contributed by atoms with Gasteiger partial charge in [-0.2, -0.15) is 0 Å². The van der Waals surface area contributed by atoms with Crippen LogP contribution in [0.2, 0.25) is 0 Å². The lowest BCUT2D eigenvalue weighted by Gasteiger charge is -2.21. The number of hydrogen-bond acceptors (Lipinski definition) is 3. The van der Waals surface area contributed by atoms with Crippen LogP contribution in [0.25, 0.3) is 0 Å². The number of benzene rings is 1. The Morgan fingerprint density at radius 2 is 2.10 bits per heavy atom. The molecular weight excluding hydrogens is 252 g/mol. The van der Waals surface area contributed by atoms with Crippen molar-refractivity contribution in [1.82, 2.24) is 10.6 Å². The molecule has 1 aromatic carbocycles. The fraction of sp³-hybridized carbons (Fsp3) is 0.562. The Labute approximate surface area is 120 Å². The first-order valence-electron chi connectivity index (χ1n) is 7.35. The molecule has 4 heteroatoms. The normalized spacial score (nSPS) is 20.9. The Bertz CT molecular complexity index is 431. The van der Waals surface area contributed by atoms with Crippen molar-refractivity contribution in [2.75, 3.05) is 13.7 Å². The van der Waals surface area contributed by atoms with Crippen LogP contribution in [0.3, 0.4) is 0 Å². The molecule has 1 heterocycles. The van der Waals surface area contributed by atoms with Crippen LogP contribution < -0.4 is 15.4 Å². The minimum atomic E-state index is -0.0502. The summed E-state index contributed by atoms with van der Waals surface area (Å²) in [4.78, 5) is 11.9. The summed E-state index contributed by atoms with van der Waals surface area (Å²) in [5.41, 5.74) is 1.25. The average Bonchev–Trinajstić information content (AvgIpc) is 2.65. The van der Waals surface area contributed by atoms with Crippen molar-refractivity contribution < 1.29 is 9.53 Å². The molecule has 0 radical (unpaired) electrons. The summed E-state index contributed by atoms with van der Waals surface area (Å²) in [6.07, 6.45) is 4.02. The van der Waals surface area contributed by atoms with Crippen molar-refractivity contribution in [3.05, 3.63) is 29.8 Å². The smallest absolute Gasteiger partial charge is 0.237 e. The molecule has 0 saturated carbocycles. The van der Waals surface area contributed by atoms with Crippen molar-refractivity contribution in [2.45, 2.75) is 44.7 Å². The molecule has 1 saturated heterocycles. The highest BCUT2D eigenvalue weighted by Gasteiger charge is 2.21. The van der Waals surface area contributed by atoms with Gasteiger partial charge < -0.3 is 15.4 Å². The molecular formula is C16H24N2O2. The number of nitrogens with one attached hydrogen (secondary N) is 2. The molecule has 2 rings (SSSR count). The predicted molar refractivity (Wildman–Crippen MR) is 79.9 cm³/mol. The van der Waals surface area contributed by atoms with Gasteiger partial charge in [-0.3, -0.25) is 4.79 Å². The van der Waals surface area contributed by atoms with E-state index in [9.17, 15) is 4.79 Å². The first kappa shape index (κ1) is 14.9. The van der Waals surface area contributed by atoms with E-state index in [1.165, 1.54) is 5.56 Å². The number of rotatable bonds is 5. The van der Waals surface area contributed by atoms with E-state index in [1.54, 1.807) is 7.11 Å². The van der Waals surface area contributed by atoms with Crippen LogP contribution >= 0.6 is 0 Å². The van der Waals surface area contributed by atoms with Gasteiger partial charge in [0.15, 0.2) is 0 Å². The van der Waals surface area contributed by atoms with Crippen molar-refractivity contribution in [3.8, 4) is 5.75 Å². The Morgan fingerprint density at radius 1 is 1.35 bits per heavy atom. The fourth-order valence-corrected chi connectivity index (χ4v) is 2.62. The van der Waals surface area contributed by atoms with E-state index in [0.29, 0.717) is 0 Å². The van der Waals surface area contributed by atoms with Gasteiger partial charge in [-0.25, -0.2) is 0 Å². The molecule has 1 amide bonds. The molecule has 1 fully saturated rings. The zero-order chi connectivity index (χ0) is 14.4. The van der Waals surface area contributed by atoms with E-state index < -0.39 is 0 Å². The van der Waals surface area contributed by atoms with Crippen LogP contribution in [-0.2, 0) is 11.2 Å². The zero-order valence-corrected chi connectivity index (χ0v) is 12.3. The maximum absolute atomic E-state index is 11.9. The molecule has 20 heavy (non-hydrogen) atoms. The van der Waals surface area contributed by atoms with Crippen LogP contribution in [0.15, 0.2) is 24.3 Å². The molecule has 0 unspecified atom stereocenters. The molecule has 0 spiro atoms. The molecule has 1 aromatic rings. The Kier molecular flexibility index (Phi) is 5.41. The van der Waals surface area contributed by atoms with E-state index in [4.69, 9.17) is 4.74 Å². The van der Waals surface area contributed by atoms with Gasteiger partial charge in [-0.05, 0) is 50.3 Å². The van der Waals surface area contributed by atoms with Crippen LogP contribution in [0.5, 0.6) is 5.75 Å². The first-order valence-corrected chi connectivity index (χ1v) is 7.35. The number of methoxy groups -OCH3 is 1. The highest BCUT2D eigenvalue weighted by Crippen LogP contribution is 2.13. The Hall–Kier alpha value is -1.55. The van der Waals surface area contributed by atoms with Gasteiger partial charge in [0.25, 0.3) is 0 Å².